The SMILES string of the molecule is COc1c(C)cc(Cl)c(C)c1C(=O)NN. The van der Waals surface area contributed by atoms with Gasteiger partial charge in [0.15, 0.2) is 0 Å². The van der Waals surface area contributed by atoms with Crippen LogP contribution in [0.4, 0.5) is 0 Å². The van der Waals surface area contributed by atoms with Gasteiger partial charge in [-0.15, -0.1) is 0 Å². The maximum Gasteiger partial charge on any atom is 0.269 e. The lowest BCUT2D eigenvalue weighted by Gasteiger charge is -2.14. The van der Waals surface area contributed by atoms with E-state index in [1.54, 1.807) is 13.0 Å². The van der Waals surface area contributed by atoms with Crippen molar-refractivity contribution >= 4 is 17.5 Å². The predicted octanol–water partition coefficient (Wildman–Crippen LogP) is 1.57. The van der Waals surface area contributed by atoms with Gasteiger partial charge in [-0.1, -0.05) is 11.6 Å². The van der Waals surface area contributed by atoms with Crippen LogP contribution in [0.5, 0.6) is 5.75 Å². The van der Waals surface area contributed by atoms with Crippen molar-refractivity contribution in [2.45, 2.75) is 13.8 Å². The molecule has 0 atom stereocenters. The molecule has 1 rings (SSSR count). The van der Waals surface area contributed by atoms with Crippen molar-refractivity contribution in [1.82, 2.24) is 5.43 Å². The van der Waals surface area contributed by atoms with Crippen molar-refractivity contribution in [3.05, 3.63) is 27.8 Å². The number of amides is 1. The fourth-order valence-corrected chi connectivity index (χ4v) is 1.72. The molecule has 0 saturated carbocycles. The van der Waals surface area contributed by atoms with Gasteiger partial charge < -0.3 is 4.74 Å². The largest absolute Gasteiger partial charge is 0.496 e. The molecule has 4 nitrogen and oxygen atoms in total. The second kappa shape index (κ2) is 4.51. The highest BCUT2D eigenvalue weighted by molar-refractivity contribution is 6.32. The molecule has 1 amide bonds. The Morgan fingerprint density at radius 1 is 1.53 bits per heavy atom. The van der Waals surface area contributed by atoms with Gasteiger partial charge in [0.2, 0.25) is 0 Å². The number of hydrazine groups is 1. The molecule has 0 unspecified atom stereocenters. The maximum atomic E-state index is 11.5. The van der Waals surface area contributed by atoms with Crippen molar-refractivity contribution in [2.24, 2.45) is 5.84 Å². The number of carbonyl (C=O) groups is 1. The van der Waals surface area contributed by atoms with Gasteiger partial charge in [-0.3, -0.25) is 10.2 Å². The zero-order valence-electron chi connectivity index (χ0n) is 8.85. The third-order valence-electron chi connectivity index (χ3n) is 2.22. The Labute approximate surface area is 93.3 Å². The molecule has 0 spiro atoms. The topological polar surface area (TPSA) is 64.3 Å². The van der Waals surface area contributed by atoms with Crippen LogP contribution in [-0.4, -0.2) is 13.0 Å². The minimum Gasteiger partial charge on any atom is -0.496 e. The number of hydrogen-bond acceptors (Lipinski definition) is 3. The molecule has 0 aliphatic carbocycles. The van der Waals surface area contributed by atoms with Crippen LogP contribution in [0.25, 0.3) is 0 Å². The summed E-state index contributed by atoms with van der Waals surface area (Å²) in [7, 11) is 1.50. The average molecular weight is 229 g/mol. The van der Waals surface area contributed by atoms with Crippen molar-refractivity contribution < 1.29 is 9.53 Å². The molecule has 0 aromatic heterocycles. The first kappa shape index (κ1) is 11.8. The van der Waals surface area contributed by atoms with Gasteiger partial charge in [0, 0.05) is 5.02 Å². The van der Waals surface area contributed by atoms with Gasteiger partial charge in [-0.25, -0.2) is 5.84 Å². The van der Waals surface area contributed by atoms with Crippen LogP contribution in [0.2, 0.25) is 5.02 Å². The minimum absolute atomic E-state index is 0.380. The van der Waals surface area contributed by atoms with Gasteiger partial charge in [0.25, 0.3) is 5.91 Å². The number of halogens is 1. The lowest BCUT2D eigenvalue weighted by atomic mass is 10.0. The zero-order valence-corrected chi connectivity index (χ0v) is 9.61. The Bertz CT molecular complexity index is 405. The third-order valence-corrected chi connectivity index (χ3v) is 2.62. The smallest absolute Gasteiger partial charge is 0.269 e. The van der Waals surface area contributed by atoms with Crippen molar-refractivity contribution in [1.29, 1.82) is 0 Å². The van der Waals surface area contributed by atoms with Crippen LogP contribution in [0.1, 0.15) is 21.5 Å². The average Bonchev–Trinajstić information content (AvgIpc) is 2.21. The van der Waals surface area contributed by atoms with Gasteiger partial charge in [0.1, 0.15) is 5.75 Å². The Morgan fingerprint density at radius 2 is 2.13 bits per heavy atom. The van der Waals surface area contributed by atoms with E-state index in [1.165, 1.54) is 7.11 Å². The molecule has 0 bridgehead atoms. The van der Waals surface area contributed by atoms with Crippen LogP contribution in [0.15, 0.2) is 6.07 Å². The molecule has 0 heterocycles. The number of rotatable bonds is 2. The highest BCUT2D eigenvalue weighted by Gasteiger charge is 2.18. The van der Waals surface area contributed by atoms with Crippen LogP contribution in [-0.2, 0) is 0 Å². The lowest BCUT2D eigenvalue weighted by molar-refractivity contribution is 0.0950. The number of ether oxygens (including phenoxy) is 1. The normalized spacial score (nSPS) is 9.93. The van der Waals surface area contributed by atoms with Crippen molar-refractivity contribution in [3.63, 3.8) is 0 Å². The van der Waals surface area contributed by atoms with Gasteiger partial charge in [-0.2, -0.15) is 0 Å². The molecule has 0 radical (unpaired) electrons. The highest BCUT2D eigenvalue weighted by atomic mass is 35.5. The summed E-state index contributed by atoms with van der Waals surface area (Å²) in [5.74, 6) is 5.19. The number of nitrogen functional groups attached to an aromatic ring is 1. The van der Waals surface area contributed by atoms with Crippen molar-refractivity contribution in [2.75, 3.05) is 7.11 Å². The Kier molecular flexibility index (Phi) is 3.55. The molecule has 1 aromatic carbocycles. The second-order valence-corrected chi connectivity index (χ2v) is 3.59. The van der Waals surface area contributed by atoms with Crippen LogP contribution < -0.4 is 16.0 Å². The molecule has 5 heteroatoms. The van der Waals surface area contributed by atoms with E-state index in [2.05, 4.69) is 5.43 Å². The first-order valence-corrected chi connectivity index (χ1v) is 4.75. The summed E-state index contributed by atoms with van der Waals surface area (Å²) in [4.78, 5) is 11.5. The fourth-order valence-electron chi connectivity index (χ4n) is 1.46. The van der Waals surface area contributed by atoms with Gasteiger partial charge in [-0.05, 0) is 31.0 Å². The predicted molar refractivity (Wildman–Crippen MR) is 59.1 cm³/mol. The third kappa shape index (κ3) is 2.06. The minimum atomic E-state index is -0.407. The van der Waals surface area contributed by atoms with E-state index >= 15 is 0 Å². The van der Waals surface area contributed by atoms with E-state index < -0.39 is 5.91 Å². The summed E-state index contributed by atoms with van der Waals surface area (Å²) in [5, 5.41) is 0.520. The number of benzene rings is 1. The molecule has 3 N–H and O–H groups in total. The lowest BCUT2D eigenvalue weighted by Crippen LogP contribution is -2.31. The van der Waals surface area contributed by atoms with Gasteiger partial charge >= 0.3 is 0 Å². The van der Waals surface area contributed by atoms with Crippen LogP contribution in [0, 0.1) is 13.8 Å². The molecule has 0 saturated heterocycles. The number of methoxy groups -OCH3 is 1. The molecule has 1 aromatic rings. The number of nitrogens with one attached hydrogen (secondary N) is 1. The monoisotopic (exact) mass is 228 g/mol. The highest BCUT2D eigenvalue weighted by Crippen LogP contribution is 2.31. The Balaban J connectivity index is 3.50. The number of aryl methyl sites for hydroxylation is 1. The molecule has 0 aliphatic rings. The van der Waals surface area contributed by atoms with Gasteiger partial charge in [0.05, 0.1) is 12.7 Å². The molecule has 15 heavy (non-hydrogen) atoms. The van der Waals surface area contributed by atoms with E-state index in [-0.39, 0.29) is 0 Å². The van der Waals surface area contributed by atoms with Crippen LogP contribution >= 0.6 is 11.6 Å². The molecular formula is C10H13ClN2O2. The summed E-state index contributed by atoms with van der Waals surface area (Å²) in [6.07, 6.45) is 0. The molecule has 0 fully saturated rings. The summed E-state index contributed by atoms with van der Waals surface area (Å²) < 4.78 is 5.16. The Hall–Kier alpha value is -1.26. The quantitative estimate of drug-likeness (QED) is 0.459. The molecular weight excluding hydrogens is 216 g/mol. The van der Waals surface area contributed by atoms with E-state index in [1.807, 2.05) is 6.92 Å². The second-order valence-electron chi connectivity index (χ2n) is 3.18. The van der Waals surface area contributed by atoms with E-state index in [0.717, 1.165) is 5.56 Å². The fraction of sp³-hybridized carbons (Fsp3) is 0.300. The standard InChI is InChI=1S/C10H13ClN2O2/c1-5-4-7(11)6(2)8(9(5)15-3)10(14)13-12/h4H,12H2,1-3H3,(H,13,14). The first-order chi connectivity index (χ1) is 7.02. The summed E-state index contributed by atoms with van der Waals surface area (Å²) in [5.41, 5.74) is 3.91. The summed E-state index contributed by atoms with van der Waals surface area (Å²) in [6, 6.07) is 1.75. The number of nitrogens with two attached hydrogens (primary N) is 1. The van der Waals surface area contributed by atoms with E-state index in [9.17, 15) is 4.79 Å². The van der Waals surface area contributed by atoms with Crippen molar-refractivity contribution in [3.8, 4) is 5.75 Å². The summed E-state index contributed by atoms with van der Waals surface area (Å²) >= 11 is 5.97. The van der Waals surface area contributed by atoms with E-state index in [4.69, 9.17) is 22.2 Å². The maximum absolute atomic E-state index is 11.5. The number of hydrogen-bond donors (Lipinski definition) is 2. The zero-order chi connectivity index (χ0) is 11.6. The summed E-state index contributed by atoms with van der Waals surface area (Å²) in [6.45, 7) is 3.56. The number of carbonyl (C=O) groups excluding carboxylic acids is 1. The molecule has 0 aliphatic heterocycles. The molecule has 82 valence electrons. The van der Waals surface area contributed by atoms with Crippen LogP contribution in [0.3, 0.4) is 0 Å². The van der Waals surface area contributed by atoms with E-state index in [0.29, 0.717) is 21.9 Å². The first-order valence-electron chi connectivity index (χ1n) is 4.37. The Morgan fingerprint density at radius 3 is 2.60 bits per heavy atom.